The smallest absolute Gasteiger partial charge is 0.224 e. The Labute approximate surface area is 103 Å². The molecule has 98 valence electrons. The molecule has 0 spiro atoms. The Hall–Kier alpha value is -0.610. The SMILES string of the molecule is CC(CO)CCCNC(=O)C1CC2CCC1N2. The van der Waals surface area contributed by atoms with E-state index in [-0.39, 0.29) is 18.4 Å². The highest BCUT2D eigenvalue weighted by molar-refractivity contribution is 5.80. The Morgan fingerprint density at radius 1 is 1.53 bits per heavy atom. The molecule has 0 aromatic carbocycles. The average Bonchev–Trinajstić information content (AvgIpc) is 2.96. The summed E-state index contributed by atoms with van der Waals surface area (Å²) in [4.78, 5) is 11.9. The molecule has 4 unspecified atom stereocenters. The fourth-order valence-electron chi connectivity index (χ4n) is 3.00. The Morgan fingerprint density at radius 3 is 2.94 bits per heavy atom. The zero-order valence-corrected chi connectivity index (χ0v) is 10.6. The molecule has 2 fully saturated rings. The van der Waals surface area contributed by atoms with Gasteiger partial charge >= 0.3 is 0 Å². The molecule has 4 atom stereocenters. The number of carbonyl (C=O) groups excluding carboxylic acids is 1. The predicted octanol–water partition coefficient (Wildman–Crippen LogP) is 0.652. The van der Waals surface area contributed by atoms with Crippen LogP contribution in [0.1, 0.15) is 39.0 Å². The second-order valence-electron chi connectivity index (χ2n) is 5.61. The topological polar surface area (TPSA) is 61.4 Å². The average molecular weight is 240 g/mol. The molecule has 0 radical (unpaired) electrons. The molecule has 17 heavy (non-hydrogen) atoms. The van der Waals surface area contributed by atoms with Crippen molar-refractivity contribution in [1.82, 2.24) is 10.6 Å². The molecule has 0 aromatic heterocycles. The number of amides is 1. The zero-order chi connectivity index (χ0) is 12.3. The van der Waals surface area contributed by atoms with Crippen molar-refractivity contribution in [3.8, 4) is 0 Å². The third-order valence-electron chi connectivity index (χ3n) is 4.12. The van der Waals surface area contributed by atoms with Crippen molar-refractivity contribution >= 4 is 5.91 Å². The largest absolute Gasteiger partial charge is 0.396 e. The number of aliphatic hydroxyl groups is 1. The summed E-state index contributed by atoms with van der Waals surface area (Å²) in [5.41, 5.74) is 0. The molecule has 0 aliphatic carbocycles. The third kappa shape index (κ3) is 3.19. The van der Waals surface area contributed by atoms with Crippen molar-refractivity contribution in [2.75, 3.05) is 13.2 Å². The lowest BCUT2D eigenvalue weighted by Gasteiger charge is -2.19. The molecular weight excluding hydrogens is 216 g/mol. The summed E-state index contributed by atoms with van der Waals surface area (Å²) in [5.74, 6) is 0.765. The molecule has 2 saturated heterocycles. The molecule has 3 N–H and O–H groups in total. The number of fused-ring (bicyclic) bond motifs is 2. The van der Waals surface area contributed by atoms with E-state index in [0.717, 1.165) is 32.2 Å². The summed E-state index contributed by atoms with van der Waals surface area (Å²) in [6, 6.07) is 1.02. The molecule has 0 saturated carbocycles. The summed E-state index contributed by atoms with van der Waals surface area (Å²) in [6.45, 7) is 3.02. The van der Waals surface area contributed by atoms with Gasteiger partial charge in [-0.1, -0.05) is 6.92 Å². The van der Waals surface area contributed by atoms with E-state index in [2.05, 4.69) is 10.6 Å². The van der Waals surface area contributed by atoms with Crippen molar-refractivity contribution in [2.45, 2.75) is 51.1 Å². The lowest BCUT2D eigenvalue weighted by Crippen LogP contribution is -2.38. The van der Waals surface area contributed by atoms with Crippen molar-refractivity contribution in [3.05, 3.63) is 0 Å². The van der Waals surface area contributed by atoms with Crippen LogP contribution in [0, 0.1) is 11.8 Å². The molecule has 2 heterocycles. The monoisotopic (exact) mass is 240 g/mol. The number of hydrogen-bond donors (Lipinski definition) is 3. The highest BCUT2D eigenvalue weighted by Crippen LogP contribution is 2.33. The van der Waals surface area contributed by atoms with Crippen LogP contribution in [0.15, 0.2) is 0 Å². The van der Waals surface area contributed by atoms with Crippen molar-refractivity contribution in [2.24, 2.45) is 11.8 Å². The van der Waals surface area contributed by atoms with Gasteiger partial charge in [0, 0.05) is 25.2 Å². The maximum atomic E-state index is 11.9. The number of nitrogens with one attached hydrogen (secondary N) is 2. The van der Waals surface area contributed by atoms with Crippen molar-refractivity contribution in [3.63, 3.8) is 0 Å². The molecule has 1 amide bonds. The predicted molar refractivity (Wildman–Crippen MR) is 66.5 cm³/mol. The fraction of sp³-hybridized carbons (Fsp3) is 0.923. The van der Waals surface area contributed by atoms with Crippen LogP contribution in [0.25, 0.3) is 0 Å². The molecular formula is C13H24N2O2. The van der Waals surface area contributed by atoms with Gasteiger partial charge in [0.2, 0.25) is 5.91 Å². The number of carbonyl (C=O) groups is 1. The van der Waals surface area contributed by atoms with Gasteiger partial charge in [0.05, 0.1) is 5.92 Å². The second-order valence-corrected chi connectivity index (χ2v) is 5.61. The molecule has 4 nitrogen and oxygen atoms in total. The number of hydrogen-bond acceptors (Lipinski definition) is 3. The highest BCUT2D eigenvalue weighted by Gasteiger charge is 2.42. The summed E-state index contributed by atoms with van der Waals surface area (Å²) in [5, 5.41) is 15.4. The van der Waals surface area contributed by atoms with Crippen LogP contribution < -0.4 is 10.6 Å². The van der Waals surface area contributed by atoms with Gasteiger partial charge in [-0.15, -0.1) is 0 Å². The van der Waals surface area contributed by atoms with Crippen LogP contribution in [0.4, 0.5) is 0 Å². The van der Waals surface area contributed by atoms with E-state index in [4.69, 9.17) is 5.11 Å². The summed E-state index contributed by atoms with van der Waals surface area (Å²) in [6.07, 6.45) is 5.35. The van der Waals surface area contributed by atoms with E-state index in [1.807, 2.05) is 6.92 Å². The van der Waals surface area contributed by atoms with Crippen LogP contribution in [-0.2, 0) is 4.79 Å². The maximum Gasteiger partial charge on any atom is 0.224 e. The third-order valence-corrected chi connectivity index (χ3v) is 4.12. The minimum absolute atomic E-state index is 0.198. The Kier molecular flexibility index (Phi) is 4.40. The Balaban J connectivity index is 1.61. The lowest BCUT2D eigenvalue weighted by atomic mass is 9.88. The van der Waals surface area contributed by atoms with Gasteiger partial charge in [-0.25, -0.2) is 0 Å². The van der Waals surface area contributed by atoms with E-state index in [0.29, 0.717) is 18.0 Å². The summed E-state index contributed by atoms with van der Waals surface area (Å²) in [7, 11) is 0. The van der Waals surface area contributed by atoms with Crippen molar-refractivity contribution < 1.29 is 9.90 Å². The standard InChI is InChI=1S/C13H24N2O2/c1-9(8-16)3-2-6-14-13(17)11-7-10-4-5-12(11)15-10/h9-12,15-16H,2-8H2,1H3,(H,14,17). The van der Waals surface area contributed by atoms with Gasteiger partial charge < -0.3 is 15.7 Å². The van der Waals surface area contributed by atoms with E-state index < -0.39 is 0 Å². The highest BCUT2D eigenvalue weighted by atomic mass is 16.3. The normalized spacial score (nSPS) is 32.7. The minimum Gasteiger partial charge on any atom is -0.396 e. The molecule has 0 aromatic rings. The van der Waals surface area contributed by atoms with Crippen LogP contribution in [0.5, 0.6) is 0 Å². The van der Waals surface area contributed by atoms with E-state index in [1.54, 1.807) is 0 Å². The van der Waals surface area contributed by atoms with Gasteiger partial charge in [-0.05, 0) is 38.0 Å². The van der Waals surface area contributed by atoms with Gasteiger partial charge in [0.15, 0.2) is 0 Å². The minimum atomic E-state index is 0.198. The van der Waals surface area contributed by atoms with Crippen molar-refractivity contribution in [1.29, 1.82) is 0 Å². The fourth-order valence-corrected chi connectivity index (χ4v) is 3.00. The molecule has 2 aliphatic rings. The van der Waals surface area contributed by atoms with Crippen LogP contribution in [0.3, 0.4) is 0 Å². The molecule has 4 heteroatoms. The van der Waals surface area contributed by atoms with Gasteiger partial charge in [0.25, 0.3) is 0 Å². The zero-order valence-electron chi connectivity index (χ0n) is 10.6. The number of aliphatic hydroxyl groups excluding tert-OH is 1. The van der Waals surface area contributed by atoms with Crippen LogP contribution >= 0.6 is 0 Å². The van der Waals surface area contributed by atoms with E-state index in [9.17, 15) is 4.79 Å². The first-order valence-corrected chi connectivity index (χ1v) is 6.85. The Bertz CT molecular complexity index is 270. The maximum absolute atomic E-state index is 11.9. The molecule has 2 rings (SSSR count). The van der Waals surface area contributed by atoms with E-state index in [1.165, 1.54) is 6.42 Å². The second kappa shape index (κ2) is 5.83. The van der Waals surface area contributed by atoms with Crippen LogP contribution in [-0.4, -0.2) is 36.2 Å². The van der Waals surface area contributed by atoms with Gasteiger partial charge in [-0.2, -0.15) is 0 Å². The van der Waals surface area contributed by atoms with Gasteiger partial charge in [-0.3, -0.25) is 4.79 Å². The summed E-state index contributed by atoms with van der Waals surface area (Å²) < 4.78 is 0. The van der Waals surface area contributed by atoms with E-state index >= 15 is 0 Å². The summed E-state index contributed by atoms with van der Waals surface area (Å²) >= 11 is 0. The first kappa shape index (κ1) is 12.8. The quantitative estimate of drug-likeness (QED) is 0.597. The lowest BCUT2D eigenvalue weighted by molar-refractivity contribution is -0.125. The first-order chi connectivity index (χ1) is 8.20. The van der Waals surface area contributed by atoms with Gasteiger partial charge in [0.1, 0.15) is 0 Å². The van der Waals surface area contributed by atoms with Crippen LogP contribution in [0.2, 0.25) is 0 Å². The molecule has 2 aliphatic heterocycles. The number of rotatable bonds is 6. The molecule has 2 bridgehead atoms. The first-order valence-electron chi connectivity index (χ1n) is 6.85. The Morgan fingerprint density at radius 2 is 2.35 bits per heavy atom.